The minimum Gasteiger partial charge on any atom is -0.548 e. The molecule has 4 nitrogen and oxygen atoms in total. The molecular formula is C7H8ClN2O2-. The van der Waals surface area contributed by atoms with Crippen LogP contribution < -0.4 is 5.11 Å². The number of rotatable bonds is 2. The van der Waals surface area contributed by atoms with Crippen molar-refractivity contribution in [1.82, 2.24) is 9.78 Å². The molecule has 0 amide bonds. The Morgan fingerprint density at radius 3 is 2.75 bits per heavy atom. The van der Waals surface area contributed by atoms with Crippen molar-refractivity contribution < 1.29 is 9.90 Å². The molecule has 0 unspecified atom stereocenters. The van der Waals surface area contributed by atoms with E-state index in [2.05, 4.69) is 5.10 Å². The molecule has 5 heteroatoms. The summed E-state index contributed by atoms with van der Waals surface area (Å²) in [5.74, 6) is -1.17. The van der Waals surface area contributed by atoms with Crippen molar-refractivity contribution in [2.24, 2.45) is 0 Å². The number of aryl methyl sites for hydroxylation is 1. The highest BCUT2D eigenvalue weighted by molar-refractivity contribution is 6.31. The molecule has 1 rings (SSSR count). The van der Waals surface area contributed by atoms with Crippen LogP contribution in [0.25, 0.3) is 0 Å². The van der Waals surface area contributed by atoms with E-state index in [1.807, 2.05) is 0 Å². The number of carbonyl (C=O) groups is 1. The van der Waals surface area contributed by atoms with Crippen LogP contribution in [0, 0.1) is 6.92 Å². The van der Waals surface area contributed by atoms with Gasteiger partial charge in [-0.2, -0.15) is 5.10 Å². The van der Waals surface area contributed by atoms with Crippen LogP contribution in [-0.4, -0.2) is 15.7 Å². The second-order valence-corrected chi connectivity index (χ2v) is 2.94. The van der Waals surface area contributed by atoms with Crippen LogP contribution in [0.5, 0.6) is 0 Å². The lowest BCUT2D eigenvalue weighted by molar-refractivity contribution is -0.310. The highest BCUT2D eigenvalue weighted by Crippen LogP contribution is 2.15. The maximum atomic E-state index is 10.4. The average Bonchev–Trinajstić information content (AvgIpc) is 2.30. The number of hydrogen-bond donors (Lipinski definition) is 0. The third-order valence-electron chi connectivity index (χ3n) is 1.59. The smallest absolute Gasteiger partial charge is 0.0885 e. The molecular weight excluding hydrogens is 180 g/mol. The number of hydrogen-bond acceptors (Lipinski definition) is 3. The van der Waals surface area contributed by atoms with Crippen LogP contribution in [0.3, 0.4) is 0 Å². The fourth-order valence-electron chi connectivity index (χ4n) is 0.766. The first-order chi connectivity index (χ1) is 5.52. The zero-order valence-electron chi connectivity index (χ0n) is 6.74. The zero-order chi connectivity index (χ0) is 9.30. The standard InChI is InChI=1S/C7H9ClN2O2/c1-4-6(8)3-10(9-4)5(2)7(11)12/h3,5H,1-2H3,(H,11,12)/p-1/t5-/m0/s1. The molecule has 0 aromatic carbocycles. The Hall–Kier alpha value is -1.03. The molecule has 1 aromatic rings. The van der Waals surface area contributed by atoms with Gasteiger partial charge in [0.2, 0.25) is 0 Å². The predicted molar refractivity (Wildman–Crippen MR) is 41.7 cm³/mol. The van der Waals surface area contributed by atoms with E-state index in [9.17, 15) is 9.90 Å². The Morgan fingerprint density at radius 2 is 2.42 bits per heavy atom. The van der Waals surface area contributed by atoms with E-state index in [0.29, 0.717) is 10.7 Å². The summed E-state index contributed by atoms with van der Waals surface area (Å²) in [4.78, 5) is 10.4. The molecule has 0 fully saturated rings. The second-order valence-electron chi connectivity index (χ2n) is 2.54. The number of aliphatic carboxylic acids is 1. The van der Waals surface area contributed by atoms with Crippen LogP contribution in [0.15, 0.2) is 6.20 Å². The van der Waals surface area contributed by atoms with Gasteiger partial charge in [-0.15, -0.1) is 0 Å². The first-order valence-corrected chi connectivity index (χ1v) is 3.82. The van der Waals surface area contributed by atoms with Gasteiger partial charge < -0.3 is 9.90 Å². The van der Waals surface area contributed by atoms with Gasteiger partial charge in [0.25, 0.3) is 0 Å². The first-order valence-electron chi connectivity index (χ1n) is 3.44. The van der Waals surface area contributed by atoms with Gasteiger partial charge in [0.1, 0.15) is 0 Å². The van der Waals surface area contributed by atoms with E-state index in [1.54, 1.807) is 6.92 Å². The maximum absolute atomic E-state index is 10.4. The van der Waals surface area contributed by atoms with Crippen LogP contribution in [0.2, 0.25) is 5.02 Å². The average molecular weight is 188 g/mol. The minimum absolute atomic E-state index is 0.461. The summed E-state index contributed by atoms with van der Waals surface area (Å²) >= 11 is 5.68. The van der Waals surface area contributed by atoms with Crippen LogP contribution in [0.1, 0.15) is 18.7 Å². The SMILES string of the molecule is Cc1nn([C@@H](C)C(=O)[O-])cc1Cl. The monoisotopic (exact) mass is 187 g/mol. The highest BCUT2D eigenvalue weighted by atomic mass is 35.5. The van der Waals surface area contributed by atoms with Crippen molar-refractivity contribution in [2.45, 2.75) is 19.9 Å². The Kier molecular flexibility index (Phi) is 2.38. The molecule has 1 heterocycles. The van der Waals surface area contributed by atoms with Crippen LogP contribution >= 0.6 is 11.6 Å². The van der Waals surface area contributed by atoms with E-state index in [0.717, 1.165) is 0 Å². The summed E-state index contributed by atoms with van der Waals surface area (Å²) in [7, 11) is 0. The summed E-state index contributed by atoms with van der Waals surface area (Å²) in [5.41, 5.74) is 0.616. The second kappa shape index (κ2) is 3.15. The molecule has 0 bridgehead atoms. The summed E-state index contributed by atoms with van der Waals surface area (Å²) in [6.07, 6.45) is 1.47. The topological polar surface area (TPSA) is 58.0 Å². The van der Waals surface area contributed by atoms with E-state index in [4.69, 9.17) is 11.6 Å². The molecule has 0 saturated carbocycles. The summed E-state index contributed by atoms with van der Waals surface area (Å²) in [5, 5.41) is 14.8. The van der Waals surface area contributed by atoms with Crippen molar-refractivity contribution in [1.29, 1.82) is 0 Å². The minimum atomic E-state index is -1.17. The Balaban J connectivity index is 2.96. The van der Waals surface area contributed by atoms with Crippen LogP contribution in [0.4, 0.5) is 0 Å². The molecule has 1 aromatic heterocycles. The van der Waals surface area contributed by atoms with Crippen molar-refractivity contribution in [2.75, 3.05) is 0 Å². The van der Waals surface area contributed by atoms with Gasteiger partial charge in [0, 0.05) is 6.20 Å². The van der Waals surface area contributed by atoms with Gasteiger partial charge in [-0.05, 0) is 13.8 Å². The number of carboxylic acid groups (broad SMARTS) is 1. The first kappa shape index (κ1) is 9.06. The molecule has 0 radical (unpaired) electrons. The van der Waals surface area contributed by atoms with Crippen molar-refractivity contribution in [3.63, 3.8) is 0 Å². The van der Waals surface area contributed by atoms with Gasteiger partial charge in [-0.25, -0.2) is 0 Å². The summed E-state index contributed by atoms with van der Waals surface area (Å²) < 4.78 is 1.27. The van der Waals surface area contributed by atoms with E-state index >= 15 is 0 Å². The van der Waals surface area contributed by atoms with Gasteiger partial charge in [0.15, 0.2) is 0 Å². The number of carbonyl (C=O) groups excluding carboxylic acids is 1. The highest BCUT2D eigenvalue weighted by Gasteiger charge is 2.08. The lowest BCUT2D eigenvalue weighted by Gasteiger charge is -2.11. The van der Waals surface area contributed by atoms with E-state index in [1.165, 1.54) is 17.8 Å². The lowest BCUT2D eigenvalue weighted by atomic mass is 10.4. The third-order valence-corrected chi connectivity index (χ3v) is 1.97. The quantitative estimate of drug-likeness (QED) is 0.663. The van der Waals surface area contributed by atoms with Crippen molar-refractivity contribution in [3.8, 4) is 0 Å². The van der Waals surface area contributed by atoms with E-state index in [-0.39, 0.29) is 0 Å². The molecule has 66 valence electrons. The molecule has 12 heavy (non-hydrogen) atoms. The third kappa shape index (κ3) is 1.58. The number of carboxylic acids is 1. The van der Waals surface area contributed by atoms with Gasteiger partial charge in [-0.1, -0.05) is 11.6 Å². The van der Waals surface area contributed by atoms with E-state index < -0.39 is 12.0 Å². The predicted octanol–water partition coefficient (Wildman–Crippen LogP) is 0.156. The Labute approximate surface area is 74.8 Å². The van der Waals surface area contributed by atoms with Crippen molar-refractivity contribution in [3.05, 3.63) is 16.9 Å². The zero-order valence-corrected chi connectivity index (χ0v) is 7.50. The Bertz CT molecular complexity index is 289. The van der Waals surface area contributed by atoms with Gasteiger partial charge in [0.05, 0.1) is 22.7 Å². The normalized spacial score (nSPS) is 12.9. The number of aromatic nitrogens is 2. The molecule has 0 aliphatic heterocycles. The molecule has 0 aliphatic carbocycles. The van der Waals surface area contributed by atoms with Crippen molar-refractivity contribution >= 4 is 17.6 Å². The fraction of sp³-hybridized carbons (Fsp3) is 0.429. The number of halogens is 1. The van der Waals surface area contributed by atoms with Gasteiger partial charge in [-0.3, -0.25) is 4.68 Å². The number of nitrogens with zero attached hydrogens (tertiary/aromatic N) is 2. The molecule has 1 atom stereocenters. The molecule has 0 saturated heterocycles. The lowest BCUT2D eigenvalue weighted by Crippen LogP contribution is -2.31. The Morgan fingerprint density at radius 1 is 1.83 bits per heavy atom. The maximum Gasteiger partial charge on any atom is 0.0885 e. The summed E-state index contributed by atoms with van der Waals surface area (Å²) in [6.45, 7) is 3.19. The van der Waals surface area contributed by atoms with Crippen LogP contribution in [-0.2, 0) is 4.79 Å². The molecule has 0 N–H and O–H groups in total. The van der Waals surface area contributed by atoms with Gasteiger partial charge >= 0.3 is 0 Å². The largest absolute Gasteiger partial charge is 0.548 e. The molecule has 0 spiro atoms. The fourth-order valence-corrected chi connectivity index (χ4v) is 0.904. The summed E-state index contributed by atoms with van der Waals surface area (Å²) in [6, 6.07) is -0.781. The molecule has 0 aliphatic rings.